The van der Waals surface area contributed by atoms with Gasteiger partial charge in [-0.3, -0.25) is 15.0 Å². The summed E-state index contributed by atoms with van der Waals surface area (Å²) in [5, 5.41) is 19.9. The summed E-state index contributed by atoms with van der Waals surface area (Å²) in [5.74, 6) is 0.341. The molecule has 1 N–H and O–H groups in total. The molecule has 2 rings (SSSR count). The van der Waals surface area contributed by atoms with Crippen LogP contribution in [-0.2, 0) is 6.54 Å². The smallest absolute Gasteiger partial charge is 0.404 e. The highest BCUT2D eigenvalue weighted by Crippen LogP contribution is 2.19. The lowest BCUT2D eigenvalue weighted by atomic mass is 10.1. The zero-order valence-corrected chi connectivity index (χ0v) is 8.83. The second-order valence-corrected chi connectivity index (χ2v) is 4.03. The van der Waals surface area contributed by atoms with Crippen molar-refractivity contribution >= 4 is 5.88 Å². The van der Waals surface area contributed by atoms with Crippen LogP contribution in [-0.4, -0.2) is 34.1 Å². The third-order valence-electron chi connectivity index (χ3n) is 2.69. The number of aliphatic hydroxyl groups excluding tert-OH is 1. The molecule has 0 unspecified atom stereocenters. The highest BCUT2D eigenvalue weighted by molar-refractivity contribution is 5.17. The monoisotopic (exact) mass is 226 g/mol. The summed E-state index contributed by atoms with van der Waals surface area (Å²) in [4.78, 5) is 11.9. The van der Waals surface area contributed by atoms with E-state index in [0.29, 0.717) is 18.8 Å². The van der Waals surface area contributed by atoms with E-state index < -0.39 is 4.92 Å². The van der Waals surface area contributed by atoms with Crippen molar-refractivity contribution in [1.29, 1.82) is 0 Å². The molecule has 0 spiro atoms. The first-order chi connectivity index (χ1) is 7.65. The summed E-state index contributed by atoms with van der Waals surface area (Å²) in [6, 6.07) is 2.97. The van der Waals surface area contributed by atoms with Gasteiger partial charge >= 0.3 is 5.88 Å². The maximum Gasteiger partial charge on any atom is 0.433 e. The Morgan fingerprint density at radius 2 is 2.44 bits per heavy atom. The number of hydrogen-bond acceptors (Lipinski definition) is 5. The van der Waals surface area contributed by atoms with Gasteiger partial charge in [0.25, 0.3) is 0 Å². The lowest BCUT2D eigenvalue weighted by Crippen LogP contribution is -2.37. The molecule has 0 aromatic carbocycles. The fraction of sp³-hybridized carbons (Fsp3) is 0.600. The fourth-order valence-electron chi connectivity index (χ4n) is 1.94. The van der Waals surface area contributed by atoms with Crippen molar-refractivity contribution in [2.24, 2.45) is 0 Å². The molecule has 1 atom stereocenters. The summed E-state index contributed by atoms with van der Waals surface area (Å²) >= 11 is 0. The van der Waals surface area contributed by atoms with Gasteiger partial charge in [0.2, 0.25) is 0 Å². The first-order valence-electron chi connectivity index (χ1n) is 5.28. The quantitative estimate of drug-likeness (QED) is 0.617. The molecule has 1 fully saturated rings. The summed E-state index contributed by atoms with van der Waals surface area (Å²) in [5.41, 5.74) is 0. The van der Waals surface area contributed by atoms with E-state index in [1.165, 1.54) is 6.07 Å². The number of likely N-dealkylation sites (tertiary alicyclic amines) is 1. The van der Waals surface area contributed by atoms with Gasteiger partial charge in [-0.15, -0.1) is 0 Å². The summed E-state index contributed by atoms with van der Waals surface area (Å²) in [6.45, 7) is 2.02. The van der Waals surface area contributed by atoms with Gasteiger partial charge in [0.15, 0.2) is 0 Å². The minimum atomic E-state index is -0.547. The van der Waals surface area contributed by atoms with Gasteiger partial charge in [0.05, 0.1) is 18.7 Å². The standard InChI is InChI=1S/C10H14N2O4/c13-8-2-1-5-11(6-8)7-9-3-4-10(16-9)12(14)15/h3-4,8,13H,1-2,5-7H2/t8-/m0/s1. The Labute approximate surface area is 92.6 Å². The highest BCUT2D eigenvalue weighted by atomic mass is 16.6. The van der Waals surface area contributed by atoms with Gasteiger partial charge < -0.3 is 9.52 Å². The van der Waals surface area contributed by atoms with Crippen LogP contribution in [0.5, 0.6) is 0 Å². The summed E-state index contributed by atoms with van der Waals surface area (Å²) in [7, 11) is 0. The second-order valence-electron chi connectivity index (χ2n) is 4.03. The van der Waals surface area contributed by atoms with Gasteiger partial charge in [0, 0.05) is 6.54 Å². The van der Waals surface area contributed by atoms with Crippen LogP contribution in [0.3, 0.4) is 0 Å². The number of nitro groups is 1. The second kappa shape index (κ2) is 4.63. The van der Waals surface area contributed by atoms with Crippen molar-refractivity contribution in [3.05, 3.63) is 28.0 Å². The number of nitrogens with zero attached hydrogens (tertiary/aromatic N) is 2. The molecule has 0 amide bonds. The Bertz CT molecular complexity index is 377. The zero-order valence-electron chi connectivity index (χ0n) is 8.83. The molecule has 1 aromatic heterocycles. The summed E-state index contributed by atoms with van der Waals surface area (Å²) in [6.07, 6.45) is 1.48. The van der Waals surface area contributed by atoms with Crippen molar-refractivity contribution in [3.8, 4) is 0 Å². The van der Waals surface area contributed by atoms with E-state index >= 15 is 0 Å². The van der Waals surface area contributed by atoms with Crippen LogP contribution >= 0.6 is 0 Å². The molecule has 0 aliphatic carbocycles. The molecule has 6 heteroatoms. The lowest BCUT2D eigenvalue weighted by molar-refractivity contribution is -0.402. The van der Waals surface area contributed by atoms with Crippen LogP contribution in [0.25, 0.3) is 0 Å². The molecule has 0 saturated carbocycles. The van der Waals surface area contributed by atoms with E-state index in [4.69, 9.17) is 4.42 Å². The number of hydrogen-bond donors (Lipinski definition) is 1. The Hall–Kier alpha value is -1.40. The maximum absolute atomic E-state index is 10.4. The van der Waals surface area contributed by atoms with Crippen LogP contribution in [0, 0.1) is 10.1 Å². The maximum atomic E-state index is 10.4. The zero-order chi connectivity index (χ0) is 11.5. The van der Waals surface area contributed by atoms with Crippen LogP contribution < -0.4 is 0 Å². The molecular formula is C10H14N2O4. The molecule has 1 aromatic rings. The van der Waals surface area contributed by atoms with Gasteiger partial charge in [-0.2, -0.15) is 0 Å². The lowest BCUT2D eigenvalue weighted by Gasteiger charge is -2.28. The van der Waals surface area contributed by atoms with Crippen molar-refractivity contribution in [2.45, 2.75) is 25.5 Å². The molecule has 0 radical (unpaired) electrons. The van der Waals surface area contributed by atoms with E-state index in [-0.39, 0.29) is 12.0 Å². The van der Waals surface area contributed by atoms with Gasteiger partial charge in [-0.05, 0) is 25.5 Å². The van der Waals surface area contributed by atoms with Crippen molar-refractivity contribution < 1.29 is 14.4 Å². The molecular weight excluding hydrogens is 212 g/mol. The SMILES string of the molecule is O=[N+]([O-])c1ccc(CN2CCC[C@H](O)C2)o1. The molecule has 6 nitrogen and oxygen atoms in total. The van der Waals surface area contributed by atoms with Crippen molar-refractivity contribution in [2.75, 3.05) is 13.1 Å². The van der Waals surface area contributed by atoms with E-state index in [2.05, 4.69) is 0 Å². The highest BCUT2D eigenvalue weighted by Gasteiger charge is 2.20. The van der Waals surface area contributed by atoms with Crippen LogP contribution in [0.4, 0.5) is 5.88 Å². The number of piperidine rings is 1. The van der Waals surface area contributed by atoms with Crippen LogP contribution in [0.1, 0.15) is 18.6 Å². The largest absolute Gasteiger partial charge is 0.433 e. The van der Waals surface area contributed by atoms with Crippen molar-refractivity contribution in [1.82, 2.24) is 4.90 Å². The first kappa shape index (κ1) is 11.1. The first-order valence-corrected chi connectivity index (χ1v) is 5.28. The number of β-amino-alcohol motifs (C(OH)–C–C–N with tert-alkyl or cyclic N) is 1. The van der Waals surface area contributed by atoms with Crippen LogP contribution in [0.15, 0.2) is 16.5 Å². The van der Waals surface area contributed by atoms with E-state index in [9.17, 15) is 15.2 Å². The molecule has 0 bridgehead atoms. The van der Waals surface area contributed by atoms with Crippen molar-refractivity contribution in [3.63, 3.8) is 0 Å². The molecule has 16 heavy (non-hydrogen) atoms. The predicted octanol–water partition coefficient (Wildman–Crippen LogP) is 1.14. The summed E-state index contributed by atoms with van der Waals surface area (Å²) < 4.78 is 5.06. The molecule has 1 saturated heterocycles. The van der Waals surface area contributed by atoms with Gasteiger partial charge in [0.1, 0.15) is 10.7 Å². The minimum absolute atomic E-state index is 0.229. The fourth-order valence-corrected chi connectivity index (χ4v) is 1.94. The third-order valence-corrected chi connectivity index (χ3v) is 2.69. The number of furan rings is 1. The average Bonchev–Trinajstić information content (AvgIpc) is 2.66. The predicted molar refractivity (Wildman–Crippen MR) is 55.9 cm³/mol. The van der Waals surface area contributed by atoms with E-state index in [0.717, 1.165) is 19.4 Å². The Balaban J connectivity index is 1.95. The molecule has 1 aliphatic rings. The minimum Gasteiger partial charge on any atom is -0.404 e. The van der Waals surface area contributed by atoms with Crippen LogP contribution in [0.2, 0.25) is 0 Å². The van der Waals surface area contributed by atoms with Gasteiger partial charge in [-0.25, -0.2) is 0 Å². The van der Waals surface area contributed by atoms with E-state index in [1.807, 2.05) is 4.90 Å². The molecule has 1 aliphatic heterocycles. The topological polar surface area (TPSA) is 79.8 Å². The van der Waals surface area contributed by atoms with E-state index in [1.54, 1.807) is 6.07 Å². The number of aliphatic hydroxyl groups is 1. The normalized spacial score (nSPS) is 22.2. The number of rotatable bonds is 3. The van der Waals surface area contributed by atoms with Gasteiger partial charge in [-0.1, -0.05) is 0 Å². The molecule has 2 heterocycles. The Kier molecular flexibility index (Phi) is 3.21. The Morgan fingerprint density at radius 1 is 1.62 bits per heavy atom. The Morgan fingerprint density at radius 3 is 3.06 bits per heavy atom. The third kappa shape index (κ3) is 2.59. The average molecular weight is 226 g/mol. The molecule has 88 valence electrons.